The van der Waals surface area contributed by atoms with E-state index in [0.717, 1.165) is 0 Å². The average molecular weight is 460 g/mol. The Morgan fingerprint density at radius 2 is 1.66 bits per heavy atom. The largest absolute Gasteiger partial charge is 0.493 e. The first-order valence-corrected chi connectivity index (χ1v) is 10.9. The minimum atomic E-state index is -0.491. The number of rotatable bonds is 8. The van der Waals surface area contributed by atoms with Gasteiger partial charge >= 0.3 is 0 Å². The number of halogens is 1. The molecule has 9 heteroatoms. The van der Waals surface area contributed by atoms with Crippen molar-refractivity contribution < 1.29 is 23.4 Å². The van der Waals surface area contributed by atoms with E-state index in [1.54, 1.807) is 34.9 Å². The Balaban J connectivity index is 2.16. The Kier molecular flexibility index (Phi) is 7.08. The summed E-state index contributed by atoms with van der Waals surface area (Å²) < 4.78 is 32.7. The summed E-state index contributed by atoms with van der Waals surface area (Å²) in [7, 11) is 4.55. The molecule has 3 aromatic rings. The van der Waals surface area contributed by atoms with Gasteiger partial charge < -0.3 is 14.2 Å². The normalized spacial score (nSPS) is 11.3. The molecule has 1 aromatic heterocycles. The number of methoxy groups -OCH3 is 3. The summed E-state index contributed by atoms with van der Waals surface area (Å²) in [6, 6.07) is 9.78. The average Bonchev–Trinajstić information content (AvgIpc) is 3.19. The van der Waals surface area contributed by atoms with Crippen molar-refractivity contribution in [3.8, 4) is 34.3 Å². The molecule has 0 amide bonds. The van der Waals surface area contributed by atoms with Crippen LogP contribution in [0.4, 0.5) is 4.39 Å². The van der Waals surface area contributed by atoms with Crippen LogP contribution in [0.3, 0.4) is 0 Å². The van der Waals surface area contributed by atoms with E-state index in [1.165, 1.54) is 39.2 Å². The lowest BCUT2D eigenvalue weighted by atomic mass is 9.92. The molecular formula is C23H26FN3O4S. The standard InChI is InChI=1S/C23H26FN3O4S/c1-23(2,3)19(28)13-32-22-26-25-21(27(22)16-10-8-7-9-15(16)24)14-11-17(29-4)20(31-6)18(12-14)30-5/h7-12H,13H2,1-6H3. The molecule has 170 valence electrons. The summed E-state index contributed by atoms with van der Waals surface area (Å²) in [5.41, 5.74) is 0.367. The van der Waals surface area contributed by atoms with E-state index in [4.69, 9.17) is 14.2 Å². The summed E-state index contributed by atoms with van der Waals surface area (Å²) in [6.07, 6.45) is 0. The molecule has 2 aromatic carbocycles. The predicted molar refractivity (Wildman–Crippen MR) is 122 cm³/mol. The maximum absolute atomic E-state index is 14.8. The van der Waals surface area contributed by atoms with E-state index >= 15 is 0 Å². The van der Waals surface area contributed by atoms with Gasteiger partial charge in [0.25, 0.3) is 0 Å². The third-order valence-electron chi connectivity index (χ3n) is 4.82. The highest BCUT2D eigenvalue weighted by atomic mass is 32.2. The molecule has 0 saturated carbocycles. The number of Topliss-reactive ketones (excluding diaryl/α,β-unsaturated/α-hetero) is 1. The van der Waals surface area contributed by atoms with E-state index in [9.17, 15) is 9.18 Å². The molecule has 3 rings (SSSR count). The summed E-state index contributed by atoms with van der Waals surface area (Å²) in [5.74, 6) is 1.47. The maximum Gasteiger partial charge on any atom is 0.203 e. The number of nitrogens with zero attached hydrogens (tertiary/aromatic N) is 3. The smallest absolute Gasteiger partial charge is 0.203 e. The first-order valence-electron chi connectivity index (χ1n) is 9.88. The molecule has 0 radical (unpaired) electrons. The number of hydrogen-bond donors (Lipinski definition) is 0. The van der Waals surface area contributed by atoms with E-state index in [-0.39, 0.29) is 17.2 Å². The summed E-state index contributed by atoms with van der Waals surface area (Å²) >= 11 is 1.21. The Labute approximate surface area is 190 Å². The topological polar surface area (TPSA) is 75.5 Å². The fourth-order valence-corrected chi connectivity index (χ4v) is 4.06. The molecule has 0 aliphatic carbocycles. The highest BCUT2D eigenvalue weighted by Crippen LogP contribution is 2.42. The molecule has 0 aliphatic heterocycles. The molecule has 0 fully saturated rings. The van der Waals surface area contributed by atoms with E-state index in [2.05, 4.69) is 10.2 Å². The fourth-order valence-electron chi connectivity index (χ4n) is 2.96. The minimum absolute atomic E-state index is 0.0555. The van der Waals surface area contributed by atoms with Crippen LogP contribution in [-0.4, -0.2) is 47.6 Å². The van der Waals surface area contributed by atoms with Crippen molar-refractivity contribution >= 4 is 17.5 Å². The van der Waals surface area contributed by atoms with Crippen LogP contribution >= 0.6 is 11.8 Å². The van der Waals surface area contributed by atoms with Crippen molar-refractivity contribution in [2.24, 2.45) is 5.41 Å². The van der Waals surface area contributed by atoms with Gasteiger partial charge in [0, 0.05) is 11.0 Å². The lowest BCUT2D eigenvalue weighted by molar-refractivity contribution is -0.123. The predicted octanol–water partition coefficient (Wildman–Crippen LogP) is 4.81. The van der Waals surface area contributed by atoms with E-state index < -0.39 is 11.2 Å². The van der Waals surface area contributed by atoms with Gasteiger partial charge in [0.15, 0.2) is 22.5 Å². The van der Waals surface area contributed by atoms with Crippen LogP contribution in [0.5, 0.6) is 17.2 Å². The second-order valence-corrected chi connectivity index (χ2v) is 8.91. The number of ether oxygens (including phenoxy) is 3. The number of carbonyl (C=O) groups excluding carboxylic acids is 1. The molecule has 0 N–H and O–H groups in total. The Bertz CT molecular complexity index is 1100. The molecule has 0 aliphatic rings. The number of benzene rings is 2. The molecule has 0 saturated heterocycles. The van der Waals surface area contributed by atoms with Crippen LogP contribution in [0.2, 0.25) is 0 Å². The number of hydrogen-bond acceptors (Lipinski definition) is 7. The van der Waals surface area contributed by atoms with Crippen LogP contribution in [0.1, 0.15) is 20.8 Å². The van der Waals surface area contributed by atoms with Crippen molar-refractivity contribution in [3.05, 3.63) is 42.2 Å². The van der Waals surface area contributed by atoms with Crippen LogP contribution in [0.25, 0.3) is 17.1 Å². The highest BCUT2D eigenvalue weighted by Gasteiger charge is 2.25. The Hall–Kier alpha value is -3.07. The molecule has 0 bridgehead atoms. The van der Waals surface area contributed by atoms with E-state index in [0.29, 0.717) is 33.8 Å². The third kappa shape index (κ3) is 4.72. The van der Waals surface area contributed by atoms with Gasteiger partial charge in [0.2, 0.25) is 5.75 Å². The van der Waals surface area contributed by atoms with Gasteiger partial charge in [-0.1, -0.05) is 44.7 Å². The highest BCUT2D eigenvalue weighted by molar-refractivity contribution is 7.99. The number of carbonyl (C=O) groups is 1. The molecule has 0 atom stereocenters. The van der Waals surface area contributed by atoms with Crippen molar-refractivity contribution in [3.63, 3.8) is 0 Å². The zero-order valence-corrected chi connectivity index (χ0v) is 19.7. The van der Waals surface area contributed by atoms with Gasteiger partial charge in [0.05, 0.1) is 32.8 Å². The van der Waals surface area contributed by atoms with Gasteiger partial charge in [-0.05, 0) is 24.3 Å². The summed E-state index contributed by atoms with van der Waals surface area (Å²) in [4.78, 5) is 12.5. The number of ketones is 1. The summed E-state index contributed by atoms with van der Waals surface area (Å²) in [6.45, 7) is 5.58. The fraction of sp³-hybridized carbons (Fsp3) is 0.348. The lowest BCUT2D eigenvalue weighted by Gasteiger charge is -2.17. The molecule has 0 unspecified atom stereocenters. The molecule has 0 spiro atoms. The van der Waals surface area contributed by atoms with Crippen LogP contribution in [0.15, 0.2) is 41.6 Å². The number of para-hydroxylation sites is 1. The number of thioether (sulfide) groups is 1. The van der Waals surface area contributed by atoms with Gasteiger partial charge in [-0.15, -0.1) is 10.2 Å². The van der Waals surface area contributed by atoms with Crippen LogP contribution < -0.4 is 14.2 Å². The van der Waals surface area contributed by atoms with Crippen molar-refractivity contribution in [2.45, 2.75) is 25.9 Å². The SMILES string of the molecule is COc1cc(-c2nnc(SCC(=O)C(C)(C)C)n2-c2ccccc2F)cc(OC)c1OC. The monoisotopic (exact) mass is 459 g/mol. The van der Waals surface area contributed by atoms with Gasteiger partial charge in [0.1, 0.15) is 11.6 Å². The lowest BCUT2D eigenvalue weighted by Crippen LogP contribution is -2.22. The minimum Gasteiger partial charge on any atom is -0.493 e. The molecule has 7 nitrogen and oxygen atoms in total. The number of aromatic nitrogens is 3. The third-order valence-corrected chi connectivity index (χ3v) is 5.75. The second kappa shape index (κ2) is 9.60. The van der Waals surface area contributed by atoms with Crippen LogP contribution in [-0.2, 0) is 4.79 Å². The van der Waals surface area contributed by atoms with Crippen LogP contribution in [0, 0.1) is 11.2 Å². The molecule has 1 heterocycles. The van der Waals surface area contributed by atoms with Gasteiger partial charge in [-0.2, -0.15) is 0 Å². The Morgan fingerprint density at radius 1 is 1.03 bits per heavy atom. The van der Waals surface area contributed by atoms with Gasteiger partial charge in [-0.25, -0.2) is 4.39 Å². The zero-order valence-electron chi connectivity index (χ0n) is 18.9. The quantitative estimate of drug-likeness (QED) is 0.448. The zero-order chi connectivity index (χ0) is 23.5. The second-order valence-electron chi connectivity index (χ2n) is 7.97. The first kappa shape index (κ1) is 23.6. The van der Waals surface area contributed by atoms with Crippen molar-refractivity contribution in [1.82, 2.24) is 14.8 Å². The van der Waals surface area contributed by atoms with E-state index in [1.807, 2.05) is 20.8 Å². The van der Waals surface area contributed by atoms with Gasteiger partial charge in [-0.3, -0.25) is 9.36 Å². The maximum atomic E-state index is 14.8. The molecular weight excluding hydrogens is 433 g/mol. The Morgan fingerprint density at radius 3 is 2.19 bits per heavy atom. The van der Waals surface area contributed by atoms with Crippen molar-refractivity contribution in [2.75, 3.05) is 27.1 Å². The van der Waals surface area contributed by atoms with Crippen molar-refractivity contribution in [1.29, 1.82) is 0 Å². The summed E-state index contributed by atoms with van der Waals surface area (Å²) in [5, 5.41) is 8.97. The first-order chi connectivity index (χ1) is 15.2. The molecule has 32 heavy (non-hydrogen) atoms.